The first-order chi connectivity index (χ1) is 14.5. The number of carbonyl (C=O) groups is 1. The fourth-order valence-electron chi connectivity index (χ4n) is 5.40. The summed E-state index contributed by atoms with van der Waals surface area (Å²) in [6.45, 7) is 0.796. The number of hydrogen-bond acceptors (Lipinski definition) is 3. The molecule has 2 unspecified atom stereocenters. The van der Waals surface area contributed by atoms with Crippen molar-refractivity contribution in [3.8, 4) is 0 Å². The van der Waals surface area contributed by atoms with Crippen LogP contribution in [0.15, 0.2) is 23.4 Å². The first-order valence-electron chi connectivity index (χ1n) is 11.2. The van der Waals surface area contributed by atoms with Gasteiger partial charge in [0.05, 0.1) is 9.71 Å². The quantitative estimate of drug-likeness (QED) is 0.621. The fourth-order valence-corrected chi connectivity index (χ4v) is 6.38. The molecule has 7 heteroatoms. The van der Waals surface area contributed by atoms with Crippen molar-refractivity contribution in [3.63, 3.8) is 0 Å². The van der Waals surface area contributed by atoms with E-state index in [-0.39, 0.29) is 0 Å². The summed E-state index contributed by atoms with van der Waals surface area (Å²) < 4.78 is 17.5. The van der Waals surface area contributed by atoms with Crippen molar-refractivity contribution in [2.75, 3.05) is 5.32 Å². The van der Waals surface area contributed by atoms with E-state index in [2.05, 4.69) is 27.1 Å². The molecule has 5 rings (SSSR count). The number of amides is 2. The molecule has 2 bridgehead atoms. The van der Waals surface area contributed by atoms with E-state index in [1.54, 1.807) is 10.7 Å². The Bertz CT molecular complexity index is 1090. The third kappa shape index (κ3) is 3.64. The smallest absolute Gasteiger partial charge is 0.307 e. The van der Waals surface area contributed by atoms with Crippen LogP contribution in [0.4, 0.5) is 10.5 Å². The lowest BCUT2D eigenvalue weighted by Gasteiger charge is -2.21. The highest BCUT2D eigenvalue weighted by molar-refractivity contribution is 7.99. The molecule has 6 nitrogen and oxygen atoms in total. The monoisotopic (exact) mass is 426 g/mol. The molecular weight excluding hydrogens is 396 g/mol. The third-order valence-electron chi connectivity index (χ3n) is 6.84. The number of nitrogens with zero attached hydrogens (tertiary/aromatic N) is 2. The van der Waals surface area contributed by atoms with Crippen LogP contribution in [0.25, 0.3) is 0 Å². The van der Waals surface area contributed by atoms with E-state index in [4.69, 9.17) is 0 Å². The van der Waals surface area contributed by atoms with Gasteiger partial charge in [0.15, 0.2) is 5.03 Å². The minimum atomic E-state index is -3.01. The summed E-state index contributed by atoms with van der Waals surface area (Å²) in [5.74, 6) is 4.29. The molecule has 2 N–H and O–H groups in total. The van der Waals surface area contributed by atoms with Gasteiger partial charge in [0.25, 0.3) is 0 Å². The molecule has 2 amide bonds. The zero-order valence-corrected chi connectivity index (χ0v) is 18.2. The molecule has 0 fully saturated rings. The topological polar surface area (TPSA) is 76.0 Å². The van der Waals surface area contributed by atoms with Crippen LogP contribution in [-0.2, 0) is 35.5 Å². The second-order valence-corrected chi connectivity index (χ2v) is 10.9. The standard InChI is InChI=1S/C23H30N4O2S/c1-30(29)20-12-14-27(25-20)13-5-3-2-4-7-16-10-11-18-15-17-8-6-9-19(17)22(21(16)18)24-23(28)26-30/h12,14-16H,1-11,13H2,(H2,24,26,28,29). The van der Waals surface area contributed by atoms with E-state index < -0.39 is 15.7 Å². The van der Waals surface area contributed by atoms with Crippen LogP contribution in [0.2, 0.25) is 0 Å². The summed E-state index contributed by atoms with van der Waals surface area (Å²) in [5.41, 5.74) is 6.35. The third-order valence-corrected chi connectivity index (χ3v) is 8.24. The van der Waals surface area contributed by atoms with Gasteiger partial charge in [-0.2, -0.15) is 5.10 Å². The number of aryl methyl sites for hydroxylation is 3. The van der Waals surface area contributed by atoms with Crippen LogP contribution in [0.1, 0.15) is 73.1 Å². The van der Waals surface area contributed by atoms with Gasteiger partial charge < -0.3 is 5.32 Å². The lowest BCUT2D eigenvalue weighted by molar-refractivity contribution is 0.257. The van der Waals surface area contributed by atoms with Gasteiger partial charge in [-0.05, 0) is 85.1 Å². The second kappa shape index (κ2) is 7.76. The fraction of sp³-hybridized carbons (Fsp3) is 0.522. The first-order valence-corrected chi connectivity index (χ1v) is 12.9. The molecule has 3 aliphatic rings. The predicted molar refractivity (Wildman–Crippen MR) is 121 cm³/mol. The number of benzene rings is 1. The van der Waals surface area contributed by atoms with Gasteiger partial charge in [0, 0.05) is 18.4 Å². The average molecular weight is 427 g/mol. The van der Waals surface area contributed by atoms with Crippen LogP contribution >= 0.6 is 0 Å². The number of anilines is 1. The van der Waals surface area contributed by atoms with Gasteiger partial charge in [-0.15, -0.1) is 0 Å². The highest BCUT2D eigenvalue weighted by Crippen LogP contribution is 2.46. The van der Waals surface area contributed by atoms with Crippen molar-refractivity contribution in [1.29, 1.82) is 0 Å². The normalized spacial score (nSPS) is 26.5. The lowest BCUT2D eigenvalue weighted by atomic mass is 9.90. The lowest BCUT2D eigenvalue weighted by Crippen LogP contribution is -2.35. The van der Waals surface area contributed by atoms with E-state index in [9.17, 15) is 9.00 Å². The summed E-state index contributed by atoms with van der Waals surface area (Å²) in [6.07, 6.45) is 13.1. The Labute approximate surface area is 178 Å². The number of urea groups is 1. The Morgan fingerprint density at radius 2 is 1.93 bits per heavy atom. The Hall–Kier alpha value is -2.28. The highest BCUT2D eigenvalue weighted by Gasteiger charge is 2.31. The Morgan fingerprint density at radius 1 is 1.07 bits per heavy atom. The molecule has 160 valence electrons. The number of nitrogens with one attached hydrogen (secondary N) is 2. The first kappa shape index (κ1) is 19.7. The van der Waals surface area contributed by atoms with Gasteiger partial charge in [-0.25, -0.2) is 9.00 Å². The van der Waals surface area contributed by atoms with Gasteiger partial charge in [0.2, 0.25) is 0 Å². The van der Waals surface area contributed by atoms with Gasteiger partial charge in [-0.1, -0.05) is 25.3 Å². The number of carbonyl (C=O) groups excluding carboxylic acids is 1. The Morgan fingerprint density at radius 3 is 2.83 bits per heavy atom. The maximum absolute atomic E-state index is 13.1. The minimum Gasteiger partial charge on any atom is -0.307 e. The number of hydrogen-bond donors (Lipinski definition) is 2. The maximum Gasteiger partial charge on any atom is 0.330 e. The molecule has 2 aliphatic carbocycles. The molecular formula is C23H30N4O2S. The van der Waals surface area contributed by atoms with Crippen LogP contribution in [0, 0.1) is 0 Å². The van der Waals surface area contributed by atoms with Gasteiger partial charge >= 0.3 is 6.03 Å². The maximum atomic E-state index is 13.1. The van der Waals surface area contributed by atoms with E-state index in [1.807, 2.05) is 6.20 Å². The van der Waals surface area contributed by atoms with Gasteiger partial charge in [0.1, 0.15) is 0 Å². The summed E-state index contributed by atoms with van der Waals surface area (Å²) in [6, 6.07) is 3.63. The van der Waals surface area contributed by atoms with Crippen LogP contribution in [0.3, 0.4) is 0 Å². The minimum absolute atomic E-state index is 0.325. The van der Waals surface area contributed by atoms with Crippen LogP contribution < -0.4 is 10.0 Å². The van der Waals surface area contributed by atoms with Gasteiger partial charge in [-0.3, -0.25) is 9.40 Å². The molecule has 1 aromatic carbocycles. The van der Waals surface area contributed by atoms with Crippen molar-refractivity contribution in [2.24, 2.45) is 0 Å². The SMILES string of the molecule is C=S1(=O)NC(=O)Nc2c3c(cc4c2C(CCCCCCn2ccc1n2)CC4)CCC3. The molecule has 0 spiro atoms. The van der Waals surface area contributed by atoms with Crippen molar-refractivity contribution < 1.29 is 9.00 Å². The Kier molecular flexibility index (Phi) is 5.09. The average Bonchev–Trinajstić information content (AvgIpc) is 3.43. The number of fused-ring (bicyclic) bond motifs is 4. The highest BCUT2D eigenvalue weighted by atomic mass is 32.2. The molecule has 2 atom stereocenters. The summed E-state index contributed by atoms with van der Waals surface area (Å²) in [7, 11) is -3.01. The zero-order valence-electron chi connectivity index (χ0n) is 17.4. The second-order valence-electron chi connectivity index (χ2n) is 8.90. The number of aromatic nitrogens is 2. The summed E-state index contributed by atoms with van der Waals surface area (Å²) in [5, 5.41) is 7.83. The van der Waals surface area contributed by atoms with E-state index in [0.717, 1.165) is 50.8 Å². The van der Waals surface area contributed by atoms with E-state index in [0.29, 0.717) is 10.9 Å². The molecule has 1 aliphatic heterocycles. The predicted octanol–water partition coefficient (Wildman–Crippen LogP) is 4.18. The van der Waals surface area contributed by atoms with Crippen LogP contribution in [-0.4, -0.2) is 25.9 Å². The number of rotatable bonds is 0. The van der Waals surface area contributed by atoms with Crippen molar-refractivity contribution >= 4 is 27.3 Å². The van der Waals surface area contributed by atoms with Crippen molar-refractivity contribution in [3.05, 3.63) is 40.6 Å². The van der Waals surface area contributed by atoms with Crippen molar-refractivity contribution in [2.45, 2.75) is 81.7 Å². The van der Waals surface area contributed by atoms with E-state index in [1.165, 1.54) is 47.9 Å². The molecule has 30 heavy (non-hydrogen) atoms. The summed E-state index contributed by atoms with van der Waals surface area (Å²) in [4.78, 5) is 12.9. The molecule has 1 aromatic heterocycles. The largest absolute Gasteiger partial charge is 0.330 e. The van der Waals surface area contributed by atoms with Crippen molar-refractivity contribution in [1.82, 2.24) is 14.5 Å². The summed E-state index contributed by atoms with van der Waals surface area (Å²) >= 11 is 0. The molecule has 0 saturated carbocycles. The molecule has 2 aromatic rings. The van der Waals surface area contributed by atoms with Crippen LogP contribution in [0.5, 0.6) is 0 Å². The molecule has 0 radical (unpaired) electrons. The Balaban J connectivity index is 1.52. The van der Waals surface area contributed by atoms with E-state index >= 15 is 0 Å². The molecule has 0 saturated heterocycles. The molecule has 2 heterocycles. The zero-order chi connectivity index (χ0) is 20.7.